The zero-order valence-corrected chi connectivity index (χ0v) is 11.3. The van der Waals surface area contributed by atoms with E-state index in [0.717, 1.165) is 10.2 Å². The second-order valence-electron chi connectivity index (χ2n) is 3.83. The normalized spacial score (nSPS) is 10.8. The van der Waals surface area contributed by atoms with Crippen LogP contribution in [0.25, 0.3) is 10.2 Å². The minimum Gasteiger partial charge on any atom is -0.295 e. The predicted molar refractivity (Wildman–Crippen MR) is 73.7 cm³/mol. The average Bonchev–Trinajstić information content (AvgIpc) is 2.94. The molecule has 3 rings (SSSR count). The summed E-state index contributed by atoms with van der Waals surface area (Å²) in [7, 11) is 0. The van der Waals surface area contributed by atoms with Crippen LogP contribution in [0.15, 0.2) is 18.2 Å². The third kappa shape index (κ3) is 2.42. The number of hydrogen-bond donors (Lipinski definition) is 2. The Morgan fingerprint density at radius 2 is 2.26 bits per heavy atom. The maximum Gasteiger partial charge on any atom is 0.297 e. The molecule has 3 aromatic rings. The van der Waals surface area contributed by atoms with Crippen LogP contribution in [-0.4, -0.2) is 26.1 Å². The van der Waals surface area contributed by atoms with E-state index in [1.165, 1.54) is 11.3 Å². The summed E-state index contributed by atoms with van der Waals surface area (Å²) in [6.45, 7) is 1.73. The van der Waals surface area contributed by atoms with Crippen LogP contribution < -0.4 is 5.32 Å². The third-order valence-corrected chi connectivity index (χ3v) is 3.54. The minimum atomic E-state index is -0.394. The van der Waals surface area contributed by atoms with Gasteiger partial charge in [0.2, 0.25) is 5.82 Å². The first-order valence-electron chi connectivity index (χ1n) is 5.38. The molecule has 0 aliphatic carbocycles. The molecule has 2 N–H and O–H groups in total. The number of H-pyrrole nitrogens is 1. The number of amides is 1. The van der Waals surface area contributed by atoms with E-state index in [1.54, 1.807) is 25.1 Å². The number of aromatic amines is 1. The Bertz CT molecular complexity index is 765. The Morgan fingerprint density at radius 1 is 1.42 bits per heavy atom. The first kappa shape index (κ1) is 12.1. The van der Waals surface area contributed by atoms with Gasteiger partial charge in [0.1, 0.15) is 5.82 Å². The Hall–Kier alpha value is -1.99. The first-order chi connectivity index (χ1) is 9.11. The minimum absolute atomic E-state index is 0.0924. The molecule has 96 valence electrons. The molecule has 0 spiro atoms. The number of hydrogen-bond acceptors (Lipinski definition) is 5. The number of fused-ring (bicyclic) bond motifs is 1. The van der Waals surface area contributed by atoms with Gasteiger partial charge >= 0.3 is 0 Å². The van der Waals surface area contributed by atoms with Gasteiger partial charge in [0.15, 0.2) is 5.13 Å². The van der Waals surface area contributed by atoms with Gasteiger partial charge in [-0.25, -0.2) is 9.97 Å². The van der Waals surface area contributed by atoms with Crippen molar-refractivity contribution < 1.29 is 4.79 Å². The molecule has 0 aliphatic heterocycles. The molecule has 0 radical (unpaired) electrons. The van der Waals surface area contributed by atoms with Crippen LogP contribution in [0.5, 0.6) is 0 Å². The van der Waals surface area contributed by atoms with Gasteiger partial charge in [-0.15, -0.1) is 5.10 Å². The van der Waals surface area contributed by atoms with Gasteiger partial charge in [-0.2, -0.15) is 0 Å². The molecular formula is C11H8ClN5OS. The van der Waals surface area contributed by atoms with Crippen molar-refractivity contribution in [2.75, 3.05) is 5.32 Å². The molecule has 0 aliphatic rings. The van der Waals surface area contributed by atoms with Crippen LogP contribution in [0.4, 0.5) is 5.13 Å². The van der Waals surface area contributed by atoms with Crippen molar-refractivity contribution in [1.29, 1.82) is 0 Å². The van der Waals surface area contributed by atoms with E-state index in [9.17, 15) is 4.79 Å². The summed E-state index contributed by atoms with van der Waals surface area (Å²) >= 11 is 7.25. The van der Waals surface area contributed by atoms with E-state index in [2.05, 4.69) is 25.5 Å². The van der Waals surface area contributed by atoms with Crippen LogP contribution in [0.1, 0.15) is 16.4 Å². The number of nitrogens with one attached hydrogen (secondary N) is 2. The molecule has 0 unspecified atom stereocenters. The number of thiazole rings is 1. The van der Waals surface area contributed by atoms with Crippen LogP contribution in [0.3, 0.4) is 0 Å². The second kappa shape index (κ2) is 4.60. The van der Waals surface area contributed by atoms with E-state index in [1.807, 2.05) is 0 Å². The van der Waals surface area contributed by atoms with Crippen LogP contribution in [0, 0.1) is 6.92 Å². The molecule has 2 aromatic heterocycles. The van der Waals surface area contributed by atoms with E-state index in [-0.39, 0.29) is 5.82 Å². The highest BCUT2D eigenvalue weighted by atomic mass is 35.5. The standard InChI is InChI=1S/C11H8ClN5OS/c1-5-13-9(17-16-5)10(18)15-11-14-7-3-2-6(12)4-8(7)19-11/h2-4H,1H3,(H,13,16,17)(H,14,15,18). The number of rotatable bonds is 2. The molecule has 19 heavy (non-hydrogen) atoms. The maximum atomic E-state index is 11.9. The van der Waals surface area contributed by atoms with Crippen molar-refractivity contribution in [2.24, 2.45) is 0 Å². The fraction of sp³-hybridized carbons (Fsp3) is 0.0909. The SMILES string of the molecule is Cc1nc(C(=O)Nc2nc3ccc(Cl)cc3s2)n[nH]1. The fourth-order valence-electron chi connectivity index (χ4n) is 1.55. The number of carbonyl (C=O) groups is 1. The zero-order chi connectivity index (χ0) is 13.4. The van der Waals surface area contributed by atoms with Crippen molar-refractivity contribution in [3.05, 3.63) is 34.9 Å². The Morgan fingerprint density at radius 3 is 3.00 bits per heavy atom. The highest BCUT2D eigenvalue weighted by Gasteiger charge is 2.13. The van der Waals surface area contributed by atoms with Crippen LogP contribution >= 0.6 is 22.9 Å². The molecule has 6 nitrogen and oxygen atoms in total. The van der Waals surface area contributed by atoms with Crippen LogP contribution in [-0.2, 0) is 0 Å². The highest BCUT2D eigenvalue weighted by molar-refractivity contribution is 7.22. The largest absolute Gasteiger partial charge is 0.297 e. The topological polar surface area (TPSA) is 83.6 Å². The van der Waals surface area contributed by atoms with Crippen LogP contribution in [0.2, 0.25) is 5.02 Å². The lowest BCUT2D eigenvalue weighted by atomic mass is 10.3. The van der Waals surface area contributed by atoms with Gasteiger partial charge in [-0.05, 0) is 25.1 Å². The van der Waals surface area contributed by atoms with E-state index in [0.29, 0.717) is 16.0 Å². The Kier molecular flexibility index (Phi) is 2.92. The third-order valence-electron chi connectivity index (χ3n) is 2.37. The second-order valence-corrected chi connectivity index (χ2v) is 5.30. The maximum absolute atomic E-state index is 11.9. The van der Waals surface area contributed by atoms with Crippen molar-refractivity contribution >= 4 is 44.2 Å². The number of anilines is 1. The van der Waals surface area contributed by atoms with E-state index < -0.39 is 5.91 Å². The lowest BCUT2D eigenvalue weighted by Gasteiger charge is -1.95. The zero-order valence-electron chi connectivity index (χ0n) is 9.77. The number of carbonyl (C=O) groups excluding carboxylic acids is 1. The van der Waals surface area contributed by atoms with Crippen molar-refractivity contribution in [2.45, 2.75) is 6.92 Å². The Balaban J connectivity index is 1.87. The van der Waals surface area contributed by atoms with Gasteiger partial charge in [0.05, 0.1) is 10.2 Å². The summed E-state index contributed by atoms with van der Waals surface area (Å²) < 4.78 is 0.911. The van der Waals surface area contributed by atoms with Gasteiger partial charge in [-0.3, -0.25) is 15.2 Å². The number of halogens is 1. The summed E-state index contributed by atoms with van der Waals surface area (Å²) in [6.07, 6.45) is 0. The summed E-state index contributed by atoms with van der Waals surface area (Å²) in [5, 5.41) is 10.2. The number of benzene rings is 1. The van der Waals surface area contributed by atoms with Crippen molar-refractivity contribution in [1.82, 2.24) is 20.2 Å². The van der Waals surface area contributed by atoms with E-state index in [4.69, 9.17) is 11.6 Å². The van der Waals surface area contributed by atoms with Gasteiger partial charge in [-0.1, -0.05) is 22.9 Å². The van der Waals surface area contributed by atoms with Gasteiger partial charge < -0.3 is 0 Å². The molecule has 0 saturated heterocycles. The molecule has 0 saturated carbocycles. The number of aromatic nitrogens is 4. The van der Waals surface area contributed by atoms with E-state index >= 15 is 0 Å². The lowest BCUT2D eigenvalue weighted by molar-refractivity contribution is 0.101. The molecule has 0 fully saturated rings. The summed E-state index contributed by atoms with van der Waals surface area (Å²) in [6, 6.07) is 5.37. The monoisotopic (exact) mass is 293 g/mol. The summed E-state index contributed by atoms with van der Waals surface area (Å²) in [5.41, 5.74) is 0.788. The summed E-state index contributed by atoms with van der Waals surface area (Å²) in [4.78, 5) is 20.1. The fourth-order valence-corrected chi connectivity index (χ4v) is 2.69. The number of nitrogens with zero attached hydrogens (tertiary/aromatic N) is 3. The lowest BCUT2D eigenvalue weighted by Crippen LogP contribution is -2.13. The molecule has 0 atom stereocenters. The molecular weight excluding hydrogens is 286 g/mol. The van der Waals surface area contributed by atoms with Gasteiger partial charge in [0, 0.05) is 5.02 Å². The van der Waals surface area contributed by atoms with Crippen molar-refractivity contribution in [3.63, 3.8) is 0 Å². The average molecular weight is 294 g/mol. The predicted octanol–water partition coefficient (Wildman–Crippen LogP) is 2.63. The highest BCUT2D eigenvalue weighted by Crippen LogP contribution is 2.28. The van der Waals surface area contributed by atoms with Gasteiger partial charge in [0.25, 0.3) is 5.91 Å². The smallest absolute Gasteiger partial charge is 0.295 e. The quantitative estimate of drug-likeness (QED) is 0.761. The Labute approximate surface area is 116 Å². The molecule has 1 amide bonds. The first-order valence-corrected chi connectivity index (χ1v) is 6.58. The molecule has 2 heterocycles. The molecule has 1 aromatic carbocycles. The molecule has 0 bridgehead atoms. The number of aryl methyl sites for hydroxylation is 1. The molecule has 8 heteroatoms. The van der Waals surface area contributed by atoms with Crippen molar-refractivity contribution in [3.8, 4) is 0 Å². The summed E-state index contributed by atoms with van der Waals surface area (Å²) in [5.74, 6) is 0.283.